The maximum atomic E-state index is 11.0. The van der Waals surface area contributed by atoms with Gasteiger partial charge in [-0.15, -0.1) is 11.8 Å². The number of aromatic hydroxyl groups is 1. The van der Waals surface area contributed by atoms with Crippen molar-refractivity contribution in [2.45, 2.75) is 11.4 Å². The number of carboxylic acids is 1. The van der Waals surface area contributed by atoms with Crippen molar-refractivity contribution in [3.05, 3.63) is 42.0 Å². The molecule has 2 aromatic carbocycles. The second-order valence-electron chi connectivity index (χ2n) is 4.49. The minimum absolute atomic E-state index is 0.188. The van der Waals surface area contributed by atoms with E-state index in [1.807, 2.05) is 30.3 Å². The Morgan fingerprint density at radius 3 is 2.79 bits per heavy atom. The number of fused-ring (bicyclic) bond motifs is 1. The summed E-state index contributed by atoms with van der Waals surface area (Å²) in [5.41, 5.74) is 0.770. The highest BCUT2D eigenvalue weighted by atomic mass is 32.2. The molecule has 0 aromatic heterocycles. The molecule has 0 amide bonds. The lowest BCUT2D eigenvalue weighted by Crippen LogP contribution is -2.33. The van der Waals surface area contributed by atoms with Crippen molar-refractivity contribution in [1.82, 2.24) is 5.32 Å². The molecule has 4 nitrogen and oxygen atoms in total. The summed E-state index contributed by atoms with van der Waals surface area (Å²) in [6.07, 6.45) is 0. The molecule has 1 saturated heterocycles. The van der Waals surface area contributed by atoms with Crippen LogP contribution in [0, 0.1) is 0 Å². The highest BCUT2D eigenvalue weighted by Gasteiger charge is 2.32. The topological polar surface area (TPSA) is 69.6 Å². The molecular formula is C14H13NO3S. The SMILES string of the molecule is O=C(O)C1CS[C@H](c2c(O)ccc3ccccc23)N1. The molecule has 0 saturated carbocycles. The third-order valence-corrected chi connectivity index (χ3v) is 4.52. The van der Waals surface area contributed by atoms with Gasteiger partial charge in [-0.25, -0.2) is 0 Å². The lowest BCUT2D eigenvalue weighted by atomic mass is 10.0. The summed E-state index contributed by atoms with van der Waals surface area (Å²) in [5.74, 6) is -0.146. The van der Waals surface area contributed by atoms with E-state index in [9.17, 15) is 9.90 Å². The number of phenols is 1. The van der Waals surface area contributed by atoms with E-state index in [0.29, 0.717) is 5.75 Å². The Morgan fingerprint density at radius 2 is 2.05 bits per heavy atom. The Balaban J connectivity index is 2.05. The molecule has 98 valence electrons. The fraction of sp³-hybridized carbons (Fsp3) is 0.214. The molecule has 1 heterocycles. The van der Waals surface area contributed by atoms with Crippen molar-refractivity contribution < 1.29 is 15.0 Å². The molecule has 1 aliphatic rings. The van der Waals surface area contributed by atoms with Crippen LogP contribution in [0.25, 0.3) is 10.8 Å². The second-order valence-corrected chi connectivity index (χ2v) is 5.63. The first-order valence-electron chi connectivity index (χ1n) is 5.98. The zero-order valence-corrected chi connectivity index (χ0v) is 10.9. The quantitative estimate of drug-likeness (QED) is 0.785. The van der Waals surface area contributed by atoms with Crippen LogP contribution in [-0.2, 0) is 4.79 Å². The molecule has 0 bridgehead atoms. The Bertz CT molecular complexity index is 644. The molecule has 3 rings (SSSR count). The number of benzene rings is 2. The largest absolute Gasteiger partial charge is 0.508 e. The second kappa shape index (κ2) is 4.75. The van der Waals surface area contributed by atoms with Gasteiger partial charge < -0.3 is 10.2 Å². The standard InChI is InChI=1S/C14H13NO3S/c16-11-6-5-8-3-1-2-4-9(8)12(11)13-15-10(7-19-13)14(17)18/h1-6,10,13,15-16H,7H2,(H,17,18)/t10?,13-/m1/s1. The summed E-state index contributed by atoms with van der Waals surface area (Å²) < 4.78 is 0. The van der Waals surface area contributed by atoms with Gasteiger partial charge in [0.25, 0.3) is 0 Å². The lowest BCUT2D eigenvalue weighted by Gasteiger charge is -2.15. The van der Waals surface area contributed by atoms with E-state index >= 15 is 0 Å². The first-order chi connectivity index (χ1) is 9.16. The van der Waals surface area contributed by atoms with Crippen LogP contribution in [0.15, 0.2) is 36.4 Å². The fourth-order valence-electron chi connectivity index (χ4n) is 2.34. The van der Waals surface area contributed by atoms with Gasteiger partial charge in [-0.1, -0.05) is 30.3 Å². The minimum Gasteiger partial charge on any atom is -0.508 e. The van der Waals surface area contributed by atoms with E-state index in [1.54, 1.807) is 6.07 Å². The maximum absolute atomic E-state index is 11.0. The molecule has 0 aliphatic carbocycles. The average molecular weight is 275 g/mol. The van der Waals surface area contributed by atoms with Crippen LogP contribution in [0.1, 0.15) is 10.9 Å². The van der Waals surface area contributed by atoms with Crippen molar-refractivity contribution >= 4 is 28.5 Å². The first-order valence-corrected chi connectivity index (χ1v) is 7.03. The third kappa shape index (κ3) is 2.15. The summed E-state index contributed by atoms with van der Waals surface area (Å²) in [7, 11) is 0. The van der Waals surface area contributed by atoms with Crippen LogP contribution in [0.4, 0.5) is 0 Å². The Hall–Kier alpha value is -1.72. The molecule has 2 atom stereocenters. The number of hydrogen-bond donors (Lipinski definition) is 3. The predicted molar refractivity (Wildman–Crippen MR) is 75.4 cm³/mol. The van der Waals surface area contributed by atoms with E-state index in [-0.39, 0.29) is 11.1 Å². The van der Waals surface area contributed by atoms with Gasteiger partial charge in [0.15, 0.2) is 0 Å². The van der Waals surface area contributed by atoms with E-state index < -0.39 is 12.0 Å². The van der Waals surface area contributed by atoms with Gasteiger partial charge in [0.05, 0.1) is 5.37 Å². The molecule has 2 aromatic rings. The number of phenolic OH excluding ortho intramolecular Hbond substituents is 1. The van der Waals surface area contributed by atoms with Crippen LogP contribution >= 0.6 is 11.8 Å². The van der Waals surface area contributed by atoms with Crippen LogP contribution in [0.5, 0.6) is 5.75 Å². The molecular weight excluding hydrogens is 262 g/mol. The van der Waals surface area contributed by atoms with Crippen LogP contribution in [0.2, 0.25) is 0 Å². The van der Waals surface area contributed by atoms with Crippen molar-refractivity contribution in [2.75, 3.05) is 5.75 Å². The van der Waals surface area contributed by atoms with Crippen LogP contribution in [-0.4, -0.2) is 28.0 Å². The Kier molecular flexibility index (Phi) is 3.08. The number of carboxylic acid groups (broad SMARTS) is 1. The molecule has 0 radical (unpaired) electrons. The number of aliphatic carboxylic acids is 1. The molecule has 5 heteroatoms. The van der Waals surface area contributed by atoms with Crippen molar-refractivity contribution in [3.8, 4) is 5.75 Å². The molecule has 3 N–H and O–H groups in total. The summed E-state index contributed by atoms with van der Waals surface area (Å²) in [6, 6.07) is 10.7. The molecule has 1 unspecified atom stereocenters. The number of rotatable bonds is 2. The fourth-order valence-corrected chi connectivity index (χ4v) is 3.64. The van der Waals surface area contributed by atoms with Gasteiger partial charge in [-0.2, -0.15) is 0 Å². The van der Waals surface area contributed by atoms with E-state index in [1.165, 1.54) is 11.8 Å². The zero-order chi connectivity index (χ0) is 13.4. The summed E-state index contributed by atoms with van der Waals surface area (Å²) in [4.78, 5) is 11.0. The van der Waals surface area contributed by atoms with Gasteiger partial charge in [-0.05, 0) is 16.8 Å². The van der Waals surface area contributed by atoms with Gasteiger partial charge >= 0.3 is 5.97 Å². The maximum Gasteiger partial charge on any atom is 0.321 e. The van der Waals surface area contributed by atoms with Gasteiger partial charge in [0.1, 0.15) is 11.8 Å². The number of thioether (sulfide) groups is 1. The normalized spacial score (nSPS) is 22.7. The Labute approximate surface area is 114 Å². The summed E-state index contributed by atoms with van der Waals surface area (Å²) in [6.45, 7) is 0. The molecule has 19 heavy (non-hydrogen) atoms. The molecule has 1 fully saturated rings. The number of nitrogens with one attached hydrogen (secondary N) is 1. The molecule has 0 spiro atoms. The van der Waals surface area contributed by atoms with Crippen molar-refractivity contribution in [2.24, 2.45) is 0 Å². The highest BCUT2D eigenvalue weighted by Crippen LogP contribution is 2.41. The lowest BCUT2D eigenvalue weighted by molar-refractivity contribution is -0.138. The van der Waals surface area contributed by atoms with Gasteiger partial charge in [-0.3, -0.25) is 10.1 Å². The van der Waals surface area contributed by atoms with Gasteiger partial charge in [0, 0.05) is 11.3 Å². The minimum atomic E-state index is -0.852. The first kappa shape index (κ1) is 12.3. The average Bonchev–Trinajstić information content (AvgIpc) is 2.88. The number of hydrogen-bond acceptors (Lipinski definition) is 4. The van der Waals surface area contributed by atoms with Gasteiger partial charge in [0.2, 0.25) is 0 Å². The van der Waals surface area contributed by atoms with Crippen molar-refractivity contribution in [3.63, 3.8) is 0 Å². The third-order valence-electron chi connectivity index (χ3n) is 3.29. The van der Waals surface area contributed by atoms with E-state index in [0.717, 1.165) is 16.3 Å². The van der Waals surface area contributed by atoms with Crippen LogP contribution in [0.3, 0.4) is 0 Å². The predicted octanol–water partition coefficient (Wildman–Crippen LogP) is 2.33. The Morgan fingerprint density at radius 1 is 1.26 bits per heavy atom. The number of carbonyl (C=O) groups is 1. The van der Waals surface area contributed by atoms with E-state index in [2.05, 4.69) is 5.32 Å². The monoisotopic (exact) mass is 275 g/mol. The van der Waals surface area contributed by atoms with Crippen LogP contribution < -0.4 is 5.32 Å². The summed E-state index contributed by atoms with van der Waals surface area (Å²) >= 11 is 1.51. The zero-order valence-electron chi connectivity index (χ0n) is 10.0. The highest BCUT2D eigenvalue weighted by molar-refractivity contribution is 7.99. The molecule has 1 aliphatic heterocycles. The van der Waals surface area contributed by atoms with Crippen molar-refractivity contribution in [1.29, 1.82) is 0 Å². The summed E-state index contributed by atoms with van der Waals surface area (Å²) in [5, 5.41) is 24.0. The smallest absolute Gasteiger partial charge is 0.321 e. The van der Waals surface area contributed by atoms with E-state index in [4.69, 9.17) is 5.11 Å².